The number of hydrogen-bond donors (Lipinski definition) is 3. The first-order valence-electron chi connectivity index (χ1n) is 13.3. The fourth-order valence-electron chi connectivity index (χ4n) is 5.63. The predicted octanol–water partition coefficient (Wildman–Crippen LogP) is 1.78. The van der Waals surface area contributed by atoms with Gasteiger partial charge in [-0.15, -0.1) is 0 Å². The average Bonchev–Trinajstić information content (AvgIpc) is 3.46. The fourth-order valence-corrected chi connectivity index (χ4v) is 6.78. The lowest BCUT2D eigenvalue weighted by atomic mass is 9.85. The number of hydrogen-bond acceptors (Lipinski definition) is 6. The Morgan fingerprint density at radius 1 is 1.05 bits per heavy atom. The molecule has 5 atom stereocenters. The second-order valence-corrected chi connectivity index (χ2v) is 13.6. The number of nitrogens with one attached hydrogen (secondary N) is 3. The van der Waals surface area contributed by atoms with E-state index in [9.17, 15) is 22.8 Å². The first kappa shape index (κ1) is 29.0. The van der Waals surface area contributed by atoms with Crippen LogP contribution in [0.5, 0.6) is 0 Å². The number of carbonyl (C=O) groups excluding carboxylic acids is 3. The monoisotopic (exact) mass is 557 g/mol. The van der Waals surface area contributed by atoms with Crippen LogP contribution in [0.1, 0.15) is 34.1 Å². The molecule has 2 aliphatic rings. The quantitative estimate of drug-likeness (QED) is 0.476. The van der Waals surface area contributed by atoms with Crippen molar-refractivity contribution in [3.63, 3.8) is 0 Å². The molecule has 0 aromatic heterocycles. The van der Waals surface area contributed by atoms with Crippen LogP contribution in [0.3, 0.4) is 0 Å². The molecule has 2 heterocycles. The van der Waals surface area contributed by atoms with Crippen LogP contribution >= 0.6 is 0 Å². The Morgan fingerprint density at radius 3 is 2.33 bits per heavy atom. The highest BCUT2D eigenvalue weighted by molar-refractivity contribution is 7.88. The number of fused-ring (bicyclic) bond motifs is 2. The van der Waals surface area contributed by atoms with Crippen molar-refractivity contribution >= 4 is 44.2 Å². The first-order chi connectivity index (χ1) is 18.2. The molecule has 0 aliphatic carbocycles. The van der Waals surface area contributed by atoms with Crippen LogP contribution < -0.4 is 16.0 Å². The van der Waals surface area contributed by atoms with Crippen molar-refractivity contribution in [3.8, 4) is 0 Å². The minimum Gasteiger partial charge on any atom is -0.342 e. The molecule has 0 saturated carbocycles. The van der Waals surface area contributed by atoms with E-state index in [0.717, 1.165) is 17.0 Å². The number of rotatable bonds is 7. The van der Waals surface area contributed by atoms with E-state index in [2.05, 4.69) is 16.0 Å². The number of carbonyl (C=O) groups is 3. The summed E-state index contributed by atoms with van der Waals surface area (Å²) in [6.45, 7) is 7.60. The van der Waals surface area contributed by atoms with E-state index in [0.29, 0.717) is 18.7 Å². The molecule has 0 bridgehead atoms. The van der Waals surface area contributed by atoms with Crippen LogP contribution in [-0.2, 0) is 24.4 Å². The zero-order valence-corrected chi connectivity index (χ0v) is 24.2. The third-order valence-electron chi connectivity index (χ3n) is 7.87. The number of amides is 3. The molecular weight excluding hydrogens is 518 g/mol. The summed E-state index contributed by atoms with van der Waals surface area (Å²) in [7, 11) is -1.95. The molecule has 2 aliphatic heterocycles. The number of anilines is 1. The minimum absolute atomic E-state index is 0.0132. The van der Waals surface area contributed by atoms with Gasteiger partial charge in [0.25, 0.3) is 0 Å². The second kappa shape index (κ2) is 10.9. The zero-order valence-electron chi connectivity index (χ0n) is 23.4. The maximum absolute atomic E-state index is 14.0. The number of likely N-dealkylation sites (N-methyl/N-ethyl adjacent to an activating group) is 1. The van der Waals surface area contributed by atoms with E-state index in [1.807, 2.05) is 63.2 Å². The summed E-state index contributed by atoms with van der Waals surface area (Å²) in [6.07, 6.45) is 1.55. The van der Waals surface area contributed by atoms with Gasteiger partial charge < -0.3 is 20.9 Å². The standard InChI is InChI=1S/C28H39N5O5S/c1-17(29-5)25(34)31-24(28(2,3)4)27(36)32-14-13-22-23(32)21(16-33(22)39(6,37)38)26(35)30-20-12-11-18-9-7-8-10-19(18)15-20/h7-12,15,17,21-24,29H,13-14,16H2,1-6H3,(H,30,35)(H,31,34)/t17-,21+,22-,23-,24-/m1/s1. The van der Waals surface area contributed by atoms with Crippen LogP contribution in [0.4, 0.5) is 5.69 Å². The Kier molecular flexibility index (Phi) is 8.07. The highest BCUT2D eigenvalue weighted by Crippen LogP contribution is 2.39. The van der Waals surface area contributed by atoms with Crippen LogP contribution in [0.15, 0.2) is 42.5 Å². The lowest BCUT2D eigenvalue weighted by Crippen LogP contribution is -2.59. The Hall–Kier alpha value is -3.02. The van der Waals surface area contributed by atoms with Crippen LogP contribution in [0.25, 0.3) is 10.8 Å². The normalized spacial score (nSPS) is 23.3. The molecule has 3 N–H and O–H groups in total. The molecule has 2 aromatic rings. The topological polar surface area (TPSA) is 128 Å². The fraction of sp³-hybridized carbons (Fsp3) is 0.536. The summed E-state index contributed by atoms with van der Waals surface area (Å²) in [6, 6.07) is 10.9. The van der Waals surface area contributed by atoms with Crippen molar-refractivity contribution in [1.82, 2.24) is 19.8 Å². The van der Waals surface area contributed by atoms with Crippen molar-refractivity contribution in [2.24, 2.45) is 11.3 Å². The number of nitrogens with zero attached hydrogens (tertiary/aromatic N) is 2. The molecule has 212 valence electrons. The lowest BCUT2D eigenvalue weighted by Gasteiger charge is -2.37. The summed E-state index contributed by atoms with van der Waals surface area (Å²) in [5.41, 5.74) is -0.0131. The Bertz CT molecular complexity index is 1370. The molecule has 3 amide bonds. The van der Waals surface area contributed by atoms with Crippen LogP contribution in [0.2, 0.25) is 0 Å². The van der Waals surface area contributed by atoms with Crippen molar-refractivity contribution in [1.29, 1.82) is 0 Å². The average molecular weight is 558 g/mol. The largest absolute Gasteiger partial charge is 0.342 e. The van der Waals surface area contributed by atoms with Crippen LogP contribution in [-0.4, -0.2) is 85.9 Å². The van der Waals surface area contributed by atoms with Gasteiger partial charge in [-0.05, 0) is 48.7 Å². The van der Waals surface area contributed by atoms with Crippen LogP contribution in [0, 0.1) is 11.3 Å². The molecule has 4 rings (SSSR count). The first-order valence-corrected chi connectivity index (χ1v) is 15.1. The summed E-state index contributed by atoms with van der Waals surface area (Å²) in [5.74, 6) is -1.73. The van der Waals surface area contributed by atoms with Gasteiger partial charge in [0.05, 0.1) is 24.3 Å². The molecular formula is C28H39N5O5S. The van der Waals surface area contributed by atoms with E-state index in [1.165, 1.54) is 4.31 Å². The smallest absolute Gasteiger partial charge is 0.246 e. The summed E-state index contributed by atoms with van der Waals surface area (Å²) < 4.78 is 26.7. The number of likely N-dealkylation sites (tertiary alicyclic amines) is 1. The molecule has 10 nitrogen and oxygen atoms in total. The number of sulfonamides is 1. The van der Waals surface area contributed by atoms with Gasteiger partial charge in [-0.1, -0.05) is 51.1 Å². The van der Waals surface area contributed by atoms with Gasteiger partial charge in [0, 0.05) is 24.8 Å². The molecule has 2 saturated heterocycles. The zero-order chi connectivity index (χ0) is 28.7. The van der Waals surface area contributed by atoms with Crippen molar-refractivity contribution in [2.75, 3.05) is 31.7 Å². The summed E-state index contributed by atoms with van der Waals surface area (Å²) >= 11 is 0. The molecule has 0 radical (unpaired) electrons. The maximum atomic E-state index is 14.0. The van der Waals surface area contributed by atoms with E-state index in [1.54, 1.807) is 18.9 Å². The highest BCUT2D eigenvalue weighted by Gasteiger charge is 2.56. The van der Waals surface area contributed by atoms with Gasteiger partial charge in [-0.25, -0.2) is 8.42 Å². The van der Waals surface area contributed by atoms with E-state index in [-0.39, 0.29) is 24.3 Å². The van der Waals surface area contributed by atoms with Crippen molar-refractivity contribution in [2.45, 2.75) is 58.3 Å². The van der Waals surface area contributed by atoms with E-state index >= 15 is 0 Å². The van der Waals surface area contributed by atoms with E-state index < -0.39 is 45.5 Å². The third kappa shape index (κ3) is 5.95. The molecule has 0 spiro atoms. The van der Waals surface area contributed by atoms with Crippen molar-refractivity contribution < 1.29 is 22.8 Å². The maximum Gasteiger partial charge on any atom is 0.246 e. The molecule has 2 aromatic carbocycles. The summed E-state index contributed by atoms with van der Waals surface area (Å²) in [4.78, 5) is 42.0. The van der Waals surface area contributed by atoms with Gasteiger partial charge in [-0.2, -0.15) is 4.31 Å². The highest BCUT2D eigenvalue weighted by atomic mass is 32.2. The van der Waals surface area contributed by atoms with Gasteiger partial charge >= 0.3 is 0 Å². The van der Waals surface area contributed by atoms with Crippen molar-refractivity contribution in [3.05, 3.63) is 42.5 Å². The Balaban J connectivity index is 1.63. The van der Waals surface area contributed by atoms with E-state index in [4.69, 9.17) is 0 Å². The Labute approximate surface area is 230 Å². The second-order valence-electron chi connectivity index (χ2n) is 11.7. The molecule has 11 heteroatoms. The predicted molar refractivity (Wildman–Crippen MR) is 151 cm³/mol. The SMILES string of the molecule is CN[C@H](C)C(=O)N[C@H](C(=O)N1CC[C@@H]2[C@H]1[C@@H](C(=O)Nc1ccc3ccccc3c1)CN2S(C)(=O)=O)C(C)(C)C. The molecule has 39 heavy (non-hydrogen) atoms. The Morgan fingerprint density at radius 2 is 1.72 bits per heavy atom. The third-order valence-corrected chi connectivity index (χ3v) is 9.14. The molecule has 0 unspecified atom stereocenters. The molecule has 2 fully saturated rings. The van der Waals surface area contributed by atoms with Gasteiger partial charge in [0.1, 0.15) is 6.04 Å². The number of benzene rings is 2. The van der Waals surface area contributed by atoms with Gasteiger partial charge in [-0.3, -0.25) is 14.4 Å². The lowest BCUT2D eigenvalue weighted by molar-refractivity contribution is -0.141. The van der Waals surface area contributed by atoms with Gasteiger partial charge in [0.15, 0.2) is 0 Å². The minimum atomic E-state index is -3.62. The summed E-state index contributed by atoms with van der Waals surface area (Å²) in [5, 5.41) is 10.7. The van der Waals surface area contributed by atoms with Gasteiger partial charge in [0.2, 0.25) is 27.7 Å².